The van der Waals surface area contributed by atoms with E-state index >= 15 is 0 Å². The van der Waals surface area contributed by atoms with Crippen molar-refractivity contribution in [1.29, 1.82) is 0 Å². The van der Waals surface area contributed by atoms with Crippen molar-refractivity contribution >= 4 is 21.8 Å². The number of urea groups is 1. The molecule has 1 rings (SSSR count). The first kappa shape index (κ1) is 14.7. The highest BCUT2D eigenvalue weighted by molar-refractivity contribution is 7.91. The zero-order valence-electron chi connectivity index (χ0n) is 9.63. The summed E-state index contributed by atoms with van der Waals surface area (Å²) in [6.45, 7) is -0.00122. The molecule has 0 aromatic heterocycles. The van der Waals surface area contributed by atoms with E-state index in [1.54, 1.807) is 0 Å². The van der Waals surface area contributed by atoms with Crippen molar-refractivity contribution < 1.29 is 28.2 Å². The summed E-state index contributed by atoms with van der Waals surface area (Å²) in [6.07, 6.45) is -1.24. The zero-order valence-corrected chi connectivity index (χ0v) is 10.4. The molecule has 1 saturated heterocycles. The van der Waals surface area contributed by atoms with Gasteiger partial charge in [-0.3, -0.25) is 0 Å². The highest BCUT2D eigenvalue weighted by Crippen LogP contribution is 2.10. The number of carbonyl (C=O) groups is 2. The van der Waals surface area contributed by atoms with E-state index in [1.165, 1.54) is 0 Å². The number of amides is 2. The van der Waals surface area contributed by atoms with Crippen LogP contribution in [-0.2, 0) is 14.6 Å². The molecule has 1 aliphatic heterocycles. The molecule has 0 spiro atoms. The molecular formula is C9H16N2O6S. The van der Waals surface area contributed by atoms with Crippen molar-refractivity contribution in [2.75, 3.05) is 18.1 Å². The quantitative estimate of drug-likeness (QED) is 0.475. The Morgan fingerprint density at radius 2 is 2.06 bits per heavy atom. The van der Waals surface area contributed by atoms with E-state index in [9.17, 15) is 18.0 Å². The summed E-state index contributed by atoms with van der Waals surface area (Å²) in [4.78, 5) is 21.6. The van der Waals surface area contributed by atoms with Gasteiger partial charge in [-0.25, -0.2) is 18.0 Å². The topological polar surface area (TPSA) is 133 Å². The summed E-state index contributed by atoms with van der Waals surface area (Å²) >= 11 is 0. The number of sulfone groups is 1. The van der Waals surface area contributed by atoms with Gasteiger partial charge in [0.2, 0.25) is 0 Å². The predicted octanol–water partition coefficient (Wildman–Crippen LogP) is -1.69. The van der Waals surface area contributed by atoms with Crippen LogP contribution in [0.25, 0.3) is 0 Å². The predicted molar refractivity (Wildman–Crippen MR) is 61.9 cm³/mol. The van der Waals surface area contributed by atoms with E-state index in [-0.39, 0.29) is 24.5 Å². The molecule has 8 nitrogen and oxygen atoms in total. The summed E-state index contributed by atoms with van der Waals surface area (Å²) < 4.78 is 22.3. The molecule has 1 fully saturated rings. The van der Waals surface area contributed by atoms with E-state index in [0.29, 0.717) is 6.42 Å². The summed E-state index contributed by atoms with van der Waals surface area (Å²) in [5.41, 5.74) is 0. The van der Waals surface area contributed by atoms with Gasteiger partial charge in [0.1, 0.15) is 0 Å². The van der Waals surface area contributed by atoms with Gasteiger partial charge in [-0.1, -0.05) is 0 Å². The number of rotatable bonds is 5. The van der Waals surface area contributed by atoms with Gasteiger partial charge in [0.25, 0.3) is 0 Å². The van der Waals surface area contributed by atoms with Gasteiger partial charge in [0, 0.05) is 19.0 Å². The fourth-order valence-electron chi connectivity index (χ4n) is 1.59. The molecule has 1 aliphatic rings. The Balaban J connectivity index is 2.21. The van der Waals surface area contributed by atoms with Crippen LogP contribution in [0.15, 0.2) is 0 Å². The zero-order chi connectivity index (χ0) is 13.8. The Morgan fingerprint density at radius 1 is 1.39 bits per heavy atom. The highest BCUT2D eigenvalue weighted by atomic mass is 32.2. The normalized spacial score (nSPS) is 23.3. The van der Waals surface area contributed by atoms with E-state index in [0.717, 1.165) is 0 Å². The number of nitrogens with one attached hydrogen (secondary N) is 2. The SMILES string of the molecule is O=C(NCC[C@H](O)C(=O)O)NC1CCS(=O)(=O)C1. The second kappa shape index (κ2) is 6.01. The van der Waals surface area contributed by atoms with Crippen molar-refractivity contribution in [3.05, 3.63) is 0 Å². The number of hydrogen-bond acceptors (Lipinski definition) is 5. The first-order valence-electron chi connectivity index (χ1n) is 5.46. The van der Waals surface area contributed by atoms with Gasteiger partial charge in [-0.15, -0.1) is 0 Å². The number of aliphatic hydroxyl groups excluding tert-OH is 1. The molecule has 0 aliphatic carbocycles. The lowest BCUT2D eigenvalue weighted by Gasteiger charge is -2.12. The van der Waals surface area contributed by atoms with Gasteiger partial charge >= 0.3 is 12.0 Å². The minimum Gasteiger partial charge on any atom is -0.479 e. The van der Waals surface area contributed by atoms with Crippen LogP contribution in [0.2, 0.25) is 0 Å². The maximum atomic E-state index is 11.3. The van der Waals surface area contributed by atoms with E-state index in [1.807, 2.05) is 0 Å². The first-order valence-corrected chi connectivity index (χ1v) is 7.28. The minimum absolute atomic E-state index is 0.00122. The first-order chi connectivity index (χ1) is 8.30. The third kappa shape index (κ3) is 4.88. The lowest BCUT2D eigenvalue weighted by Crippen LogP contribution is -2.43. The van der Waals surface area contributed by atoms with Crippen LogP contribution in [0.3, 0.4) is 0 Å². The fraction of sp³-hybridized carbons (Fsp3) is 0.778. The highest BCUT2D eigenvalue weighted by Gasteiger charge is 2.28. The molecule has 1 unspecified atom stereocenters. The third-order valence-electron chi connectivity index (χ3n) is 2.56. The van der Waals surface area contributed by atoms with E-state index in [4.69, 9.17) is 10.2 Å². The van der Waals surface area contributed by atoms with Crippen LogP contribution in [0.1, 0.15) is 12.8 Å². The Morgan fingerprint density at radius 3 is 2.56 bits per heavy atom. The standard InChI is InChI=1S/C9H16N2O6S/c12-7(8(13)14)1-3-10-9(15)11-6-2-4-18(16,17)5-6/h6-7,12H,1-5H2,(H,13,14)(H2,10,11,15)/t6?,7-/m0/s1. The van der Waals surface area contributed by atoms with Crippen LogP contribution in [0.4, 0.5) is 4.79 Å². The molecule has 104 valence electrons. The van der Waals surface area contributed by atoms with Crippen molar-refractivity contribution in [2.45, 2.75) is 25.0 Å². The van der Waals surface area contributed by atoms with Crippen molar-refractivity contribution in [1.82, 2.24) is 10.6 Å². The summed E-state index contributed by atoms with van der Waals surface area (Å²) in [6, 6.07) is -0.964. The van der Waals surface area contributed by atoms with Gasteiger partial charge in [0.05, 0.1) is 11.5 Å². The lowest BCUT2D eigenvalue weighted by molar-refractivity contribution is -0.146. The molecule has 18 heavy (non-hydrogen) atoms. The second-order valence-electron chi connectivity index (χ2n) is 4.14. The molecule has 2 amide bonds. The molecule has 2 atom stereocenters. The number of aliphatic hydroxyl groups is 1. The number of hydrogen-bond donors (Lipinski definition) is 4. The maximum Gasteiger partial charge on any atom is 0.332 e. The maximum absolute atomic E-state index is 11.3. The smallest absolute Gasteiger partial charge is 0.332 e. The average molecular weight is 280 g/mol. The van der Waals surface area contributed by atoms with Crippen LogP contribution in [0, 0.1) is 0 Å². The second-order valence-corrected chi connectivity index (χ2v) is 6.37. The molecule has 0 bridgehead atoms. The van der Waals surface area contributed by atoms with Crippen LogP contribution in [0.5, 0.6) is 0 Å². The Hall–Kier alpha value is -1.35. The Kier molecular flexibility index (Phi) is 4.91. The van der Waals surface area contributed by atoms with Crippen LogP contribution in [-0.4, -0.2) is 60.8 Å². The number of carboxylic acid groups (broad SMARTS) is 1. The molecule has 0 aromatic rings. The van der Waals surface area contributed by atoms with Gasteiger partial charge < -0.3 is 20.8 Å². The number of carbonyl (C=O) groups excluding carboxylic acids is 1. The van der Waals surface area contributed by atoms with Crippen molar-refractivity contribution in [3.8, 4) is 0 Å². The van der Waals surface area contributed by atoms with E-state index in [2.05, 4.69) is 10.6 Å². The molecule has 4 N–H and O–H groups in total. The minimum atomic E-state index is -3.05. The summed E-state index contributed by atoms with van der Waals surface area (Å²) in [5.74, 6) is -1.35. The van der Waals surface area contributed by atoms with Crippen molar-refractivity contribution in [3.63, 3.8) is 0 Å². The molecular weight excluding hydrogens is 264 g/mol. The molecule has 0 saturated carbocycles. The Bertz CT molecular complexity index is 421. The number of aliphatic carboxylic acids is 1. The van der Waals surface area contributed by atoms with Crippen LogP contribution < -0.4 is 10.6 Å². The third-order valence-corrected chi connectivity index (χ3v) is 4.32. The van der Waals surface area contributed by atoms with Gasteiger partial charge in [-0.2, -0.15) is 0 Å². The largest absolute Gasteiger partial charge is 0.479 e. The van der Waals surface area contributed by atoms with Gasteiger partial charge in [-0.05, 0) is 6.42 Å². The molecule has 0 radical (unpaired) electrons. The van der Waals surface area contributed by atoms with Crippen molar-refractivity contribution in [2.24, 2.45) is 0 Å². The van der Waals surface area contributed by atoms with E-state index < -0.39 is 34.0 Å². The Labute approximate surface area is 104 Å². The monoisotopic (exact) mass is 280 g/mol. The van der Waals surface area contributed by atoms with Crippen LogP contribution >= 0.6 is 0 Å². The lowest BCUT2D eigenvalue weighted by atomic mass is 10.2. The number of carboxylic acids is 1. The molecule has 1 heterocycles. The molecule has 9 heteroatoms. The summed E-state index contributed by atoms with van der Waals surface area (Å²) in [7, 11) is -3.05. The van der Waals surface area contributed by atoms with Gasteiger partial charge in [0.15, 0.2) is 15.9 Å². The summed E-state index contributed by atoms with van der Waals surface area (Å²) in [5, 5.41) is 22.2. The molecule has 0 aromatic carbocycles. The fourth-order valence-corrected chi connectivity index (χ4v) is 3.26. The average Bonchev–Trinajstić information content (AvgIpc) is 2.57.